The molecule has 0 atom stereocenters. The van der Waals surface area contributed by atoms with Crippen LogP contribution in [0.5, 0.6) is 5.75 Å². The Labute approximate surface area is 120 Å². The van der Waals surface area contributed by atoms with Crippen molar-refractivity contribution < 1.29 is 9.53 Å². The summed E-state index contributed by atoms with van der Waals surface area (Å²) < 4.78 is 5.55. The van der Waals surface area contributed by atoms with Crippen molar-refractivity contribution in [2.75, 3.05) is 26.2 Å². The Kier molecular flexibility index (Phi) is 3.88. The van der Waals surface area contributed by atoms with Crippen LogP contribution in [0.4, 0.5) is 0 Å². The Bertz CT molecular complexity index is 542. The van der Waals surface area contributed by atoms with Gasteiger partial charge in [0.05, 0.1) is 5.56 Å². The van der Waals surface area contributed by atoms with Gasteiger partial charge in [-0.1, -0.05) is 24.6 Å². The van der Waals surface area contributed by atoms with Crippen molar-refractivity contribution in [1.29, 1.82) is 0 Å². The minimum Gasteiger partial charge on any atom is -0.484 e. The van der Waals surface area contributed by atoms with Gasteiger partial charge in [0.2, 0.25) is 5.78 Å². The SMILES string of the molecule is Cc1ccc2c(c1/C=C\CN1CCCCC1)OCC2=O. The molecule has 2 aliphatic heterocycles. The number of piperidine rings is 1. The Hall–Kier alpha value is -1.61. The third kappa shape index (κ3) is 2.63. The number of nitrogens with zero attached hydrogens (tertiary/aromatic N) is 1. The van der Waals surface area contributed by atoms with Gasteiger partial charge in [0.25, 0.3) is 0 Å². The molecule has 2 heterocycles. The fraction of sp³-hybridized carbons (Fsp3) is 0.471. The highest BCUT2D eigenvalue weighted by Gasteiger charge is 2.23. The van der Waals surface area contributed by atoms with Gasteiger partial charge in [-0.2, -0.15) is 0 Å². The molecular formula is C17H21NO2. The van der Waals surface area contributed by atoms with E-state index in [0.29, 0.717) is 0 Å². The van der Waals surface area contributed by atoms with E-state index in [0.717, 1.165) is 29.0 Å². The molecule has 0 saturated carbocycles. The second kappa shape index (κ2) is 5.80. The lowest BCUT2D eigenvalue weighted by Gasteiger charge is -2.24. The third-order valence-corrected chi connectivity index (χ3v) is 4.16. The van der Waals surface area contributed by atoms with Crippen molar-refractivity contribution in [3.8, 4) is 5.75 Å². The highest BCUT2D eigenvalue weighted by molar-refractivity contribution is 6.03. The Morgan fingerprint density at radius 2 is 2.05 bits per heavy atom. The van der Waals surface area contributed by atoms with Crippen LogP contribution < -0.4 is 4.74 Å². The summed E-state index contributed by atoms with van der Waals surface area (Å²) in [5, 5.41) is 0. The van der Waals surface area contributed by atoms with E-state index >= 15 is 0 Å². The lowest BCUT2D eigenvalue weighted by Crippen LogP contribution is -2.29. The molecular weight excluding hydrogens is 250 g/mol. The first-order valence-electron chi connectivity index (χ1n) is 7.44. The quantitative estimate of drug-likeness (QED) is 0.846. The number of rotatable bonds is 3. The van der Waals surface area contributed by atoms with Gasteiger partial charge in [-0.25, -0.2) is 0 Å². The number of aryl methyl sites for hydroxylation is 1. The van der Waals surface area contributed by atoms with E-state index in [-0.39, 0.29) is 12.4 Å². The minimum atomic E-state index is 0.0886. The topological polar surface area (TPSA) is 29.5 Å². The number of hydrogen-bond acceptors (Lipinski definition) is 3. The summed E-state index contributed by atoms with van der Waals surface area (Å²) in [6.07, 6.45) is 8.29. The molecule has 0 aromatic heterocycles. The van der Waals surface area contributed by atoms with Gasteiger partial charge in [-0.15, -0.1) is 0 Å². The first-order chi connectivity index (χ1) is 9.75. The molecule has 0 aliphatic carbocycles. The average molecular weight is 271 g/mol. The second-order valence-electron chi connectivity index (χ2n) is 5.65. The zero-order chi connectivity index (χ0) is 13.9. The van der Waals surface area contributed by atoms with E-state index in [4.69, 9.17) is 4.74 Å². The van der Waals surface area contributed by atoms with Gasteiger partial charge >= 0.3 is 0 Å². The van der Waals surface area contributed by atoms with Gasteiger partial charge in [-0.3, -0.25) is 9.69 Å². The number of ether oxygens (including phenoxy) is 1. The monoisotopic (exact) mass is 271 g/mol. The molecule has 3 heteroatoms. The van der Waals surface area contributed by atoms with Gasteiger partial charge in [0, 0.05) is 12.1 Å². The Balaban J connectivity index is 1.75. The molecule has 0 unspecified atom stereocenters. The average Bonchev–Trinajstić information content (AvgIpc) is 2.84. The first-order valence-corrected chi connectivity index (χ1v) is 7.44. The molecule has 1 fully saturated rings. The predicted octanol–water partition coefficient (Wildman–Crippen LogP) is 3.07. The molecule has 20 heavy (non-hydrogen) atoms. The standard InChI is InChI=1S/C17H21NO2/c1-13-7-8-15-16(19)12-20-17(15)14(13)6-5-11-18-9-3-2-4-10-18/h5-8H,2-4,9-12H2,1H3/b6-5-. The molecule has 0 radical (unpaired) electrons. The maximum absolute atomic E-state index is 11.7. The van der Waals surface area contributed by atoms with E-state index in [9.17, 15) is 4.79 Å². The number of carbonyl (C=O) groups excluding carboxylic acids is 1. The van der Waals surface area contributed by atoms with Gasteiger partial charge in [0.15, 0.2) is 6.61 Å². The number of fused-ring (bicyclic) bond motifs is 1. The number of hydrogen-bond donors (Lipinski definition) is 0. The van der Waals surface area contributed by atoms with Crippen LogP contribution in [0, 0.1) is 6.92 Å². The van der Waals surface area contributed by atoms with Crippen LogP contribution in [0.2, 0.25) is 0 Å². The summed E-state index contributed by atoms with van der Waals surface area (Å²) in [4.78, 5) is 14.2. The number of likely N-dealkylation sites (tertiary alicyclic amines) is 1. The van der Waals surface area contributed by atoms with Crippen LogP contribution in [0.3, 0.4) is 0 Å². The largest absolute Gasteiger partial charge is 0.484 e. The van der Waals surface area contributed by atoms with Crippen LogP contribution in [0.25, 0.3) is 6.08 Å². The number of ketones is 1. The molecule has 2 aliphatic rings. The first kappa shape index (κ1) is 13.4. The van der Waals surface area contributed by atoms with Crippen LogP contribution in [0.1, 0.15) is 40.7 Å². The van der Waals surface area contributed by atoms with Crippen molar-refractivity contribution in [3.05, 3.63) is 34.9 Å². The molecule has 1 aromatic carbocycles. The molecule has 0 bridgehead atoms. The maximum Gasteiger partial charge on any atom is 0.203 e. The summed E-state index contributed by atoms with van der Waals surface area (Å²) in [5.74, 6) is 0.857. The molecule has 0 N–H and O–H groups in total. The number of carbonyl (C=O) groups is 1. The van der Waals surface area contributed by atoms with Crippen LogP contribution in [-0.2, 0) is 0 Å². The van der Waals surface area contributed by atoms with Crippen molar-refractivity contribution in [2.24, 2.45) is 0 Å². The summed E-state index contributed by atoms with van der Waals surface area (Å²) in [6.45, 7) is 5.63. The lowest BCUT2D eigenvalue weighted by atomic mass is 10.0. The van der Waals surface area contributed by atoms with Crippen molar-refractivity contribution >= 4 is 11.9 Å². The lowest BCUT2D eigenvalue weighted by molar-refractivity contribution is 0.0961. The van der Waals surface area contributed by atoms with E-state index < -0.39 is 0 Å². The van der Waals surface area contributed by atoms with E-state index in [1.54, 1.807) is 0 Å². The minimum absolute atomic E-state index is 0.0886. The molecule has 0 amide bonds. The van der Waals surface area contributed by atoms with Gasteiger partial charge in [0.1, 0.15) is 5.75 Å². The maximum atomic E-state index is 11.7. The predicted molar refractivity (Wildman–Crippen MR) is 80.3 cm³/mol. The molecule has 106 valence electrons. The van der Waals surface area contributed by atoms with Crippen molar-refractivity contribution in [3.63, 3.8) is 0 Å². The second-order valence-corrected chi connectivity index (χ2v) is 5.65. The number of Topliss-reactive ketones (excluding diaryl/α,β-unsaturated/α-hetero) is 1. The van der Waals surface area contributed by atoms with Gasteiger partial charge in [-0.05, 0) is 44.5 Å². The van der Waals surface area contributed by atoms with E-state index in [1.165, 1.54) is 32.4 Å². The third-order valence-electron chi connectivity index (χ3n) is 4.16. The van der Waals surface area contributed by atoms with Crippen LogP contribution in [0.15, 0.2) is 18.2 Å². The zero-order valence-electron chi connectivity index (χ0n) is 12.0. The summed E-state index contributed by atoms with van der Waals surface area (Å²) in [6, 6.07) is 3.88. The van der Waals surface area contributed by atoms with E-state index in [1.807, 2.05) is 12.1 Å². The molecule has 3 nitrogen and oxygen atoms in total. The molecule has 3 rings (SSSR count). The van der Waals surface area contributed by atoms with Crippen LogP contribution in [-0.4, -0.2) is 36.9 Å². The fourth-order valence-electron chi connectivity index (χ4n) is 2.96. The number of benzene rings is 1. The molecule has 1 aromatic rings. The summed E-state index contributed by atoms with van der Waals surface area (Å²) in [5.41, 5.74) is 2.95. The van der Waals surface area contributed by atoms with Crippen molar-refractivity contribution in [1.82, 2.24) is 4.90 Å². The summed E-state index contributed by atoms with van der Waals surface area (Å²) >= 11 is 0. The highest BCUT2D eigenvalue weighted by Crippen LogP contribution is 2.32. The van der Waals surface area contributed by atoms with Crippen LogP contribution >= 0.6 is 0 Å². The normalized spacial score (nSPS) is 19.4. The van der Waals surface area contributed by atoms with E-state index in [2.05, 4.69) is 24.0 Å². The van der Waals surface area contributed by atoms with Gasteiger partial charge < -0.3 is 4.74 Å². The Morgan fingerprint density at radius 1 is 1.25 bits per heavy atom. The smallest absolute Gasteiger partial charge is 0.203 e. The highest BCUT2D eigenvalue weighted by atomic mass is 16.5. The molecule has 0 spiro atoms. The zero-order valence-corrected chi connectivity index (χ0v) is 12.0. The molecule has 1 saturated heterocycles. The summed E-state index contributed by atoms with van der Waals surface area (Å²) in [7, 11) is 0. The van der Waals surface area contributed by atoms with Crippen molar-refractivity contribution in [2.45, 2.75) is 26.2 Å². The Morgan fingerprint density at radius 3 is 2.85 bits per heavy atom. The fourth-order valence-corrected chi connectivity index (χ4v) is 2.96.